The standard InChI is InChI=1S/C23H28N4O3S/c1-15-10-12-20(13-11-15)27(31(29,30)23-18(4)25-26(6)19(23)5)14-22(28)24-21-9-7-8-16(2)17(21)3/h7-13H,14H2,1-6H3,(H,24,28). The van der Waals surface area contributed by atoms with E-state index in [4.69, 9.17) is 0 Å². The highest BCUT2D eigenvalue weighted by molar-refractivity contribution is 7.93. The molecule has 0 atom stereocenters. The summed E-state index contributed by atoms with van der Waals surface area (Å²) in [5.74, 6) is -0.419. The minimum atomic E-state index is -4.02. The van der Waals surface area contributed by atoms with Crippen molar-refractivity contribution in [2.75, 3.05) is 16.2 Å². The second-order valence-corrected chi connectivity index (χ2v) is 9.57. The van der Waals surface area contributed by atoms with Crippen molar-refractivity contribution in [1.82, 2.24) is 9.78 Å². The molecule has 0 radical (unpaired) electrons. The van der Waals surface area contributed by atoms with Crippen LogP contribution >= 0.6 is 0 Å². The van der Waals surface area contributed by atoms with Crippen LogP contribution in [0.15, 0.2) is 47.4 Å². The number of rotatable bonds is 6. The van der Waals surface area contributed by atoms with Gasteiger partial charge in [0.15, 0.2) is 0 Å². The van der Waals surface area contributed by atoms with Gasteiger partial charge in [0.25, 0.3) is 10.0 Å². The van der Waals surface area contributed by atoms with Crippen LogP contribution in [0.5, 0.6) is 0 Å². The van der Waals surface area contributed by atoms with Crippen LogP contribution in [0.3, 0.4) is 0 Å². The van der Waals surface area contributed by atoms with E-state index in [0.717, 1.165) is 21.0 Å². The number of carbonyl (C=O) groups is 1. The van der Waals surface area contributed by atoms with Crippen LogP contribution in [-0.4, -0.2) is 30.7 Å². The van der Waals surface area contributed by atoms with E-state index in [2.05, 4.69) is 10.4 Å². The summed E-state index contributed by atoms with van der Waals surface area (Å²) in [5, 5.41) is 7.10. The summed E-state index contributed by atoms with van der Waals surface area (Å²) in [7, 11) is -2.32. The van der Waals surface area contributed by atoms with Gasteiger partial charge in [-0.2, -0.15) is 5.10 Å². The van der Waals surface area contributed by atoms with Gasteiger partial charge in [0, 0.05) is 12.7 Å². The second-order valence-electron chi connectivity index (χ2n) is 7.77. The van der Waals surface area contributed by atoms with E-state index in [-0.39, 0.29) is 11.4 Å². The predicted octanol–water partition coefficient (Wildman–Crippen LogP) is 3.80. The number of benzene rings is 2. The molecule has 0 saturated carbocycles. The molecule has 0 spiro atoms. The molecular formula is C23H28N4O3S. The third-order valence-corrected chi connectivity index (χ3v) is 7.51. The third kappa shape index (κ3) is 4.49. The van der Waals surface area contributed by atoms with E-state index >= 15 is 0 Å². The number of hydrogen-bond donors (Lipinski definition) is 1. The van der Waals surface area contributed by atoms with Crippen LogP contribution < -0.4 is 9.62 Å². The first kappa shape index (κ1) is 22.6. The molecule has 3 rings (SSSR count). The molecule has 1 N–H and O–H groups in total. The molecule has 2 aromatic carbocycles. The molecule has 0 bridgehead atoms. The number of nitrogens with zero attached hydrogens (tertiary/aromatic N) is 3. The fourth-order valence-electron chi connectivity index (χ4n) is 3.47. The van der Waals surface area contributed by atoms with Crippen molar-refractivity contribution in [3.8, 4) is 0 Å². The lowest BCUT2D eigenvalue weighted by Gasteiger charge is -2.24. The smallest absolute Gasteiger partial charge is 0.268 e. The van der Waals surface area contributed by atoms with E-state index in [9.17, 15) is 13.2 Å². The van der Waals surface area contributed by atoms with Gasteiger partial charge in [-0.25, -0.2) is 8.42 Å². The quantitative estimate of drug-likeness (QED) is 0.632. The number of carbonyl (C=O) groups excluding carboxylic acids is 1. The molecule has 3 aromatic rings. The number of nitrogens with one attached hydrogen (secondary N) is 1. The van der Waals surface area contributed by atoms with E-state index in [1.54, 1.807) is 39.1 Å². The maximum Gasteiger partial charge on any atom is 0.268 e. The zero-order valence-corrected chi connectivity index (χ0v) is 19.5. The highest BCUT2D eigenvalue weighted by Crippen LogP contribution is 2.28. The first-order valence-electron chi connectivity index (χ1n) is 9.98. The molecule has 31 heavy (non-hydrogen) atoms. The summed E-state index contributed by atoms with van der Waals surface area (Å²) in [4.78, 5) is 13.1. The molecule has 0 saturated heterocycles. The first-order chi connectivity index (χ1) is 14.5. The van der Waals surface area contributed by atoms with E-state index in [1.807, 2.05) is 45.0 Å². The Labute approximate surface area is 183 Å². The molecule has 0 aliphatic carbocycles. The zero-order chi connectivity index (χ0) is 22.9. The summed E-state index contributed by atoms with van der Waals surface area (Å²) in [5.41, 5.74) is 4.98. The number of aromatic nitrogens is 2. The fourth-order valence-corrected chi connectivity index (χ4v) is 5.30. The lowest BCUT2D eigenvalue weighted by atomic mass is 10.1. The highest BCUT2D eigenvalue weighted by atomic mass is 32.2. The topological polar surface area (TPSA) is 84.3 Å². The number of aryl methyl sites for hydroxylation is 4. The van der Waals surface area contributed by atoms with E-state index in [0.29, 0.717) is 22.8 Å². The molecule has 0 aliphatic heterocycles. The van der Waals surface area contributed by atoms with Gasteiger partial charge in [-0.05, 0) is 63.9 Å². The van der Waals surface area contributed by atoms with Gasteiger partial charge >= 0.3 is 0 Å². The van der Waals surface area contributed by atoms with Gasteiger partial charge < -0.3 is 5.32 Å². The van der Waals surface area contributed by atoms with Crippen molar-refractivity contribution in [3.05, 3.63) is 70.5 Å². The lowest BCUT2D eigenvalue weighted by Crippen LogP contribution is -2.38. The Morgan fingerprint density at radius 1 is 1.03 bits per heavy atom. The molecule has 164 valence electrons. The average Bonchev–Trinajstić information content (AvgIpc) is 2.96. The van der Waals surface area contributed by atoms with Crippen molar-refractivity contribution in [1.29, 1.82) is 0 Å². The molecule has 0 fully saturated rings. The Bertz CT molecular complexity index is 1230. The lowest BCUT2D eigenvalue weighted by molar-refractivity contribution is -0.114. The number of sulfonamides is 1. The molecule has 1 amide bonds. The molecule has 0 aliphatic rings. The summed E-state index contributed by atoms with van der Waals surface area (Å²) < 4.78 is 30.0. The Morgan fingerprint density at radius 2 is 1.68 bits per heavy atom. The van der Waals surface area contributed by atoms with E-state index in [1.165, 1.54) is 4.68 Å². The Balaban J connectivity index is 2.02. The van der Waals surface area contributed by atoms with Gasteiger partial charge in [-0.15, -0.1) is 0 Å². The predicted molar refractivity (Wildman–Crippen MR) is 123 cm³/mol. The fraction of sp³-hybridized carbons (Fsp3) is 0.304. The van der Waals surface area contributed by atoms with Crippen LogP contribution in [0, 0.1) is 34.6 Å². The summed E-state index contributed by atoms with van der Waals surface area (Å²) >= 11 is 0. The van der Waals surface area contributed by atoms with Crippen molar-refractivity contribution >= 4 is 27.3 Å². The van der Waals surface area contributed by atoms with Crippen LogP contribution in [0.4, 0.5) is 11.4 Å². The second kappa shape index (κ2) is 8.55. The zero-order valence-electron chi connectivity index (χ0n) is 18.7. The first-order valence-corrected chi connectivity index (χ1v) is 11.4. The summed E-state index contributed by atoms with van der Waals surface area (Å²) in [6, 6.07) is 12.7. The number of anilines is 2. The minimum Gasteiger partial charge on any atom is -0.324 e. The van der Waals surface area contributed by atoms with Gasteiger partial charge in [0.2, 0.25) is 5.91 Å². The molecule has 0 unspecified atom stereocenters. The van der Waals surface area contributed by atoms with Crippen LogP contribution in [-0.2, 0) is 21.9 Å². The summed E-state index contributed by atoms with van der Waals surface area (Å²) in [6.45, 7) is 8.81. The van der Waals surface area contributed by atoms with Crippen molar-refractivity contribution in [2.24, 2.45) is 7.05 Å². The Hall–Kier alpha value is -3.13. The molecular weight excluding hydrogens is 412 g/mol. The SMILES string of the molecule is Cc1ccc(N(CC(=O)Nc2cccc(C)c2C)S(=O)(=O)c2c(C)nn(C)c2C)cc1. The van der Waals surface area contributed by atoms with Gasteiger partial charge in [0.1, 0.15) is 11.4 Å². The van der Waals surface area contributed by atoms with Gasteiger partial charge in [-0.3, -0.25) is 13.8 Å². The van der Waals surface area contributed by atoms with Crippen molar-refractivity contribution < 1.29 is 13.2 Å². The molecule has 8 heteroatoms. The normalized spacial score (nSPS) is 11.4. The minimum absolute atomic E-state index is 0.120. The molecule has 1 heterocycles. The maximum atomic E-state index is 13.7. The molecule has 1 aromatic heterocycles. The van der Waals surface area contributed by atoms with Crippen LogP contribution in [0.25, 0.3) is 0 Å². The number of amides is 1. The Kier molecular flexibility index (Phi) is 6.22. The monoisotopic (exact) mass is 440 g/mol. The van der Waals surface area contributed by atoms with Crippen molar-refractivity contribution in [3.63, 3.8) is 0 Å². The maximum absolute atomic E-state index is 13.7. The van der Waals surface area contributed by atoms with Crippen LogP contribution in [0.1, 0.15) is 28.1 Å². The largest absolute Gasteiger partial charge is 0.324 e. The number of hydrogen-bond acceptors (Lipinski definition) is 4. The van der Waals surface area contributed by atoms with Crippen molar-refractivity contribution in [2.45, 2.75) is 39.5 Å². The Morgan fingerprint density at radius 3 is 2.26 bits per heavy atom. The van der Waals surface area contributed by atoms with E-state index < -0.39 is 15.9 Å². The van der Waals surface area contributed by atoms with Crippen LogP contribution in [0.2, 0.25) is 0 Å². The highest BCUT2D eigenvalue weighted by Gasteiger charge is 2.32. The van der Waals surface area contributed by atoms with Gasteiger partial charge in [0.05, 0.1) is 17.1 Å². The third-order valence-electron chi connectivity index (χ3n) is 5.48. The summed E-state index contributed by atoms with van der Waals surface area (Å²) in [6.07, 6.45) is 0. The average molecular weight is 441 g/mol. The molecule has 7 nitrogen and oxygen atoms in total. The van der Waals surface area contributed by atoms with Gasteiger partial charge in [-0.1, -0.05) is 29.8 Å².